The summed E-state index contributed by atoms with van der Waals surface area (Å²) in [6.07, 6.45) is 0.131. The minimum atomic E-state index is -1.41. The second-order valence-electron chi connectivity index (χ2n) is 5.92. The van der Waals surface area contributed by atoms with Crippen LogP contribution in [0.1, 0.15) is 26.2 Å². The van der Waals surface area contributed by atoms with Gasteiger partial charge in [0.1, 0.15) is 18.1 Å². The van der Waals surface area contributed by atoms with Crippen LogP contribution in [0, 0.1) is 0 Å². The summed E-state index contributed by atoms with van der Waals surface area (Å²) in [4.78, 5) is 47.3. The molecule has 3 amide bonds. The van der Waals surface area contributed by atoms with Gasteiger partial charge in [0.25, 0.3) is 0 Å². The Morgan fingerprint density at radius 3 is 2.07 bits per heavy atom. The maximum Gasteiger partial charge on any atom is 0.327 e. The molecule has 0 aliphatic heterocycles. The van der Waals surface area contributed by atoms with E-state index in [0.717, 1.165) is 0 Å². The average Bonchev–Trinajstić information content (AvgIpc) is 2.62. The minimum Gasteiger partial charge on any atom is -0.480 e. The Hall–Kier alpha value is -1.89. The third kappa shape index (κ3) is 9.56. The van der Waals surface area contributed by atoms with Gasteiger partial charge in [-0.1, -0.05) is 0 Å². The zero-order valence-electron chi connectivity index (χ0n) is 15.2. The summed E-state index contributed by atoms with van der Waals surface area (Å²) in [7, 11) is 0. The number of amides is 3. The molecular formula is C15H29N5O6S. The van der Waals surface area contributed by atoms with Crippen molar-refractivity contribution in [1.82, 2.24) is 16.0 Å². The van der Waals surface area contributed by atoms with Crippen LogP contribution in [-0.2, 0) is 19.2 Å². The Balaban J connectivity index is 5.13. The predicted octanol–water partition coefficient (Wildman–Crippen LogP) is -3.08. The number of aliphatic hydroxyl groups excluding tert-OH is 1. The van der Waals surface area contributed by atoms with Gasteiger partial charge in [-0.3, -0.25) is 14.4 Å². The predicted molar refractivity (Wildman–Crippen MR) is 101 cm³/mol. The molecule has 4 atom stereocenters. The minimum absolute atomic E-state index is 0.171. The van der Waals surface area contributed by atoms with Crippen molar-refractivity contribution in [3.05, 3.63) is 0 Å². The molecule has 11 nitrogen and oxygen atoms in total. The molecule has 0 aliphatic rings. The number of nitrogens with one attached hydrogen (secondary N) is 3. The van der Waals surface area contributed by atoms with Crippen LogP contribution >= 0.6 is 12.6 Å². The lowest BCUT2D eigenvalue weighted by Crippen LogP contribution is -2.59. The van der Waals surface area contributed by atoms with E-state index in [1.165, 1.54) is 6.92 Å². The molecule has 0 heterocycles. The maximum atomic E-state index is 12.5. The van der Waals surface area contributed by atoms with Crippen molar-refractivity contribution in [2.75, 3.05) is 18.8 Å². The van der Waals surface area contributed by atoms with Crippen molar-refractivity contribution in [3.8, 4) is 0 Å². The van der Waals surface area contributed by atoms with E-state index in [0.29, 0.717) is 19.4 Å². The van der Waals surface area contributed by atoms with E-state index in [1.807, 2.05) is 0 Å². The van der Waals surface area contributed by atoms with E-state index in [2.05, 4.69) is 28.6 Å². The molecule has 0 aliphatic carbocycles. The molecule has 0 radical (unpaired) electrons. The first-order chi connectivity index (χ1) is 12.7. The van der Waals surface area contributed by atoms with Crippen molar-refractivity contribution in [1.29, 1.82) is 0 Å². The Labute approximate surface area is 163 Å². The number of aliphatic carboxylic acids is 1. The van der Waals surface area contributed by atoms with E-state index < -0.39 is 47.9 Å². The van der Waals surface area contributed by atoms with Gasteiger partial charge in [-0.2, -0.15) is 12.6 Å². The monoisotopic (exact) mass is 407 g/mol. The van der Waals surface area contributed by atoms with Crippen LogP contribution in [0.3, 0.4) is 0 Å². The fourth-order valence-electron chi connectivity index (χ4n) is 2.12. The topological polar surface area (TPSA) is 197 Å². The Morgan fingerprint density at radius 1 is 1.00 bits per heavy atom. The summed E-state index contributed by atoms with van der Waals surface area (Å²) < 4.78 is 0. The van der Waals surface area contributed by atoms with Crippen molar-refractivity contribution < 1.29 is 29.4 Å². The Bertz CT molecular complexity index is 519. The highest BCUT2D eigenvalue weighted by molar-refractivity contribution is 7.80. The van der Waals surface area contributed by atoms with Crippen molar-refractivity contribution in [2.24, 2.45) is 11.5 Å². The highest BCUT2D eigenvalue weighted by Crippen LogP contribution is 2.03. The summed E-state index contributed by atoms with van der Waals surface area (Å²) in [6.45, 7) is 1.37. The van der Waals surface area contributed by atoms with Crippen molar-refractivity contribution in [2.45, 2.75) is 50.4 Å². The largest absolute Gasteiger partial charge is 0.480 e. The van der Waals surface area contributed by atoms with Gasteiger partial charge < -0.3 is 37.6 Å². The Kier molecular flexibility index (Phi) is 12.4. The second-order valence-corrected chi connectivity index (χ2v) is 6.28. The highest BCUT2D eigenvalue weighted by atomic mass is 32.1. The lowest BCUT2D eigenvalue weighted by atomic mass is 10.1. The summed E-state index contributed by atoms with van der Waals surface area (Å²) in [5.74, 6) is -3.61. The van der Waals surface area contributed by atoms with Gasteiger partial charge in [-0.05, 0) is 32.7 Å². The van der Waals surface area contributed by atoms with E-state index in [1.54, 1.807) is 0 Å². The number of hydrogen-bond donors (Lipinski definition) is 8. The summed E-state index contributed by atoms with van der Waals surface area (Å²) >= 11 is 3.83. The van der Waals surface area contributed by atoms with Gasteiger partial charge >= 0.3 is 5.97 Å². The number of hydrogen-bond acceptors (Lipinski definition) is 8. The number of nitrogens with two attached hydrogens (primary N) is 2. The number of unbranched alkanes of at least 4 members (excludes halogenated alkanes) is 1. The van der Waals surface area contributed by atoms with Crippen molar-refractivity contribution >= 4 is 36.3 Å². The van der Waals surface area contributed by atoms with Crippen LogP contribution in [-0.4, -0.2) is 77.0 Å². The number of carboxylic acids is 1. The standard InChI is InChI=1S/C15H29N5O6S/c1-8(21)12(14(24)19-10(7-27)15(25)26)20-13(23)9(4-2-3-5-16)18-11(22)6-17/h8-10,12,21,27H,2-7,16-17H2,1H3,(H,18,22)(H,19,24)(H,20,23)(H,25,26). The molecular weight excluding hydrogens is 378 g/mol. The maximum absolute atomic E-state index is 12.5. The molecule has 12 heteroatoms. The number of carboxylic acid groups (broad SMARTS) is 1. The van der Waals surface area contributed by atoms with E-state index >= 15 is 0 Å². The molecule has 0 fully saturated rings. The summed E-state index contributed by atoms with van der Waals surface area (Å²) in [6, 6.07) is -3.66. The zero-order chi connectivity index (χ0) is 21.0. The molecule has 9 N–H and O–H groups in total. The van der Waals surface area contributed by atoms with Crippen LogP contribution < -0.4 is 27.4 Å². The van der Waals surface area contributed by atoms with E-state index in [-0.39, 0.29) is 18.7 Å². The number of carbonyl (C=O) groups is 4. The van der Waals surface area contributed by atoms with Crippen LogP contribution in [0.5, 0.6) is 0 Å². The quantitative estimate of drug-likeness (QED) is 0.116. The lowest BCUT2D eigenvalue weighted by Gasteiger charge is -2.25. The molecule has 27 heavy (non-hydrogen) atoms. The molecule has 0 saturated carbocycles. The van der Waals surface area contributed by atoms with Gasteiger partial charge in [0.2, 0.25) is 17.7 Å². The van der Waals surface area contributed by atoms with E-state index in [9.17, 15) is 24.3 Å². The van der Waals surface area contributed by atoms with Crippen LogP contribution in [0.15, 0.2) is 0 Å². The first kappa shape index (κ1) is 25.1. The molecule has 0 bridgehead atoms. The van der Waals surface area contributed by atoms with Gasteiger partial charge in [-0.15, -0.1) is 0 Å². The third-order valence-electron chi connectivity index (χ3n) is 3.64. The first-order valence-corrected chi connectivity index (χ1v) is 9.13. The summed E-state index contributed by atoms with van der Waals surface area (Å²) in [5.41, 5.74) is 10.7. The lowest BCUT2D eigenvalue weighted by molar-refractivity contribution is -0.142. The smallest absolute Gasteiger partial charge is 0.327 e. The molecule has 0 aromatic rings. The zero-order valence-corrected chi connectivity index (χ0v) is 16.1. The fourth-order valence-corrected chi connectivity index (χ4v) is 2.37. The molecule has 4 unspecified atom stereocenters. The molecule has 0 rings (SSSR count). The molecule has 0 saturated heterocycles. The van der Waals surface area contributed by atoms with Gasteiger partial charge in [0.05, 0.1) is 12.6 Å². The highest BCUT2D eigenvalue weighted by Gasteiger charge is 2.31. The number of aliphatic hydroxyl groups is 1. The van der Waals surface area contributed by atoms with E-state index in [4.69, 9.17) is 16.6 Å². The van der Waals surface area contributed by atoms with Gasteiger partial charge in [0, 0.05) is 5.75 Å². The van der Waals surface area contributed by atoms with Crippen LogP contribution in [0.25, 0.3) is 0 Å². The normalized spacial score (nSPS) is 15.1. The summed E-state index contributed by atoms with van der Waals surface area (Å²) in [5, 5.41) is 25.8. The molecule has 0 aromatic carbocycles. The third-order valence-corrected chi connectivity index (χ3v) is 4.01. The van der Waals surface area contributed by atoms with Gasteiger partial charge in [0.15, 0.2) is 0 Å². The number of rotatable bonds is 13. The second kappa shape index (κ2) is 13.3. The number of carbonyl (C=O) groups excluding carboxylic acids is 3. The average molecular weight is 407 g/mol. The van der Waals surface area contributed by atoms with Gasteiger partial charge in [-0.25, -0.2) is 4.79 Å². The SMILES string of the molecule is CC(O)C(NC(=O)C(CCCCN)NC(=O)CN)C(=O)NC(CS)C(=O)O. The Morgan fingerprint density at radius 2 is 1.63 bits per heavy atom. The van der Waals surface area contributed by atoms with Crippen LogP contribution in [0.4, 0.5) is 0 Å². The molecule has 0 aromatic heterocycles. The first-order valence-electron chi connectivity index (χ1n) is 8.49. The fraction of sp³-hybridized carbons (Fsp3) is 0.733. The molecule has 156 valence electrons. The molecule has 0 spiro atoms. The van der Waals surface area contributed by atoms with Crippen LogP contribution in [0.2, 0.25) is 0 Å². The van der Waals surface area contributed by atoms with Crippen molar-refractivity contribution in [3.63, 3.8) is 0 Å². The number of thiol groups is 1.